The van der Waals surface area contributed by atoms with E-state index in [1.54, 1.807) is 41.9 Å². The Kier molecular flexibility index (Phi) is 4.67. The van der Waals surface area contributed by atoms with Gasteiger partial charge in [-0.3, -0.25) is 4.72 Å². The first-order valence-electron chi connectivity index (χ1n) is 8.66. The first kappa shape index (κ1) is 18.9. The lowest BCUT2D eigenvalue weighted by Crippen LogP contribution is -2.15. The van der Waals surface area contributed by atoms with Crippen LogP contribution in [-0.4, -0.2) is 30.1 Å². The Morgan fingerprint density at radius 1 is 1.10 bits per heavy atom. The van der Waals surface area contributed by atoms with Crippen LogP contribution in [0.5, 0.6) is 5.88 Å². The SMILES string of the molecule is COc1ccc2nc(-c3ccc(C)c(NS(=O)(=O)c4ccccc4F)c3)cn2n1. The van der Waals surface area contributed by atoms with E-state index < -0.39 is 20.7 Å². The zero-order valence-electron chi connectivity index (χ0n) is 15.6. The van der Waals surface area contributed by atoms with E-state index in [9.17, 15) is 12.8 Å². The minimum absolute atomic E-state index is 0.341. The van der Waals surface area contributed by atoms with Gasteiger partial charge >= 0.3 is 0 Å². The van der Waals surface area contributed by atoms with E-state index in [0.717, 1.165) is 6.07 Å². The predicted octanol–water partition coefficient (Wildman–Crippen LogP) is 3.65. The molecule has 0 amide bonds. The summed E-state index contributed by atoms with van der Waals surface area (Å²) in [6.45, 7) is 1.76. The van der Waals surface area contributed by atoms with Gasteiger partial charge < -0.3 is 4.74 Å². The van der Waals surface area contributed by atoms with Gasteiger partial charge in [-0.25, -0.2) is 22.3 Å². The average molecular weight is 412 g/mol. The Morgan fingerprint density at radius 2 is 1.90 bits per heavy atom. The lowest BCUT2D eigenvalue weighted by molar-refractivity contribution is 0.390. The van der Waals surface area contributed by atoms with Gasteiger partial charge in [0.1, 0.15) is 10.7 Å². The predicted molar refractivity (Wildman–Crippen MR) is 107 cm³/mol. The zero-order valence-corrected chi connectivity index (χ0v) is 16.4. The highest BCUT2D eigenvalue weighted by Crippen LogP contribution is 2.27. The summed E-state index contributed by atoms with van der Waals surface area (Å²) in [7, 11) is -2.55. The summed E-state index contributed by atoms with van der Waals surface area (Å²) >= 11 is 0. The molecule has 2 aromatic carbocycles. The van der Waals surface area contributed by atoms with Crippen molar-refractivity contribution in [3.63, 3.8) is 0 Å². The lowest BCUT2D eigenvalue weighted by Gasteiger charge is -2.12. The molecule has 4 aromatic rings. The Bertz CT molecular complexity index is 1320. The number of sulfonamides is 1. The normalized spacial score (nSPS) is 11.6. The maximum Gasteiger partial charge on any atom is 0.264 e. The van der Waals surface area contributed by atoms with E-state index >= 15 is 0 Å². The molecule has 2 aromatic heterocycles. The van der Waals surface area contributed by atoms with Gasteiger partial charge in [0.15, 0.2) is 5.65 Å². The van der Waals surface area contributed by atoms with Crippen LogP contribution in [0, 0.1) is 12.7 Å². The molecule has 2 heterocycles. The summed E-state index contributed by atoms with van der Waals surface area (Å²) < 4.78 is 48.4. The van der Waals surface area contributed by atoms with Crippen LogP contribution in [0.1, 0.15) is 5.56 Å². The van der Waals surface area contributed by atoms with Gasteiger partial charge in [0.05, 0.1) is 24.7 Å². The molecule has 4 rings (SSSR count). The molecule has 0 spiro atoms. The van der Waals surface area contributed by atoms with Crippen LogP contribution >= 0.6 is 0 Å². The van der Waals surface area contributed by atoms with Crippen molar-refractivity contribution < 1.29 is 17.5 Å². The van der Waals surface area contributed by atoms with Crippen LogP contribution in [0.2, 0.25) is 0 Å². The number of nitrogens with one attached hydrogen (secondary N) is 1. The number of rotatable bonds is 5. The maximum absolute atomic E-state index is 14.0. The van der Waals surface area contributed by atoms with E-state index in [1.165, 1.54) is 25.3 Å². The molecule has 1 N–H and O–H groups in total. The largest absolute Gasteiger partial charge is 0.480 e. The standard InChI is InChI=1S/C20H17FN4O3S/c1-13-7-8-14(17-12-25-19(22-17)9-10-20(23-25)28-2)11-16(13)24-29(26,27)18-6-4-3-5-15(18)21/h3-12,24H,1-2H3. The number of hydrogen-bond donors (Lipinski definition) is 1. The van der Waals surface area contributed by atoms with Gasteiger partial charge in [0, 0.05) is 11.6 Å². The second kappa shape index (κ2) is 7.17. The third kappa shape index (κ3) is 3.64. The maximum atomic E-state index is 14.0. The van der Waals surface area contributed by atoms with Gasteiger partial charge in [-0.15, -0.1) is 5.10 Å². The fourth-order valence-corrected chi connectivity index (χ4v) is 4.07. The van der Waals surface area contributed by atoms with E-state index in [1.807, 2.05) is 6.07 Å². The number of ether oxygens (including phenoxy) is 1. The molecule has 0 aliphatic heterocycles. The summed E-state index contributed by atoms with van der Waals surface area (Å²) in [5.41, 5.74) is 2.95. The zero-order chi connectivity index (χ0) is 20.6. The van der Waals surface area contributed by atoms with Crippen molar-refractivity contribution in [3.8, 4) is 17.1 Å². The van der Waals surface area contributed by atoms with Crippen molar-refractivity contribution in [3.05, 3.63) is 72.2 Å². The highest BCUT2D eigenvalue weighted by Gasteiger charge is 2.20. The molecule has 148 valence electrons. The van der Waals surface area contributed by atoms with Crippen molar-refractivity contribution in [2.75, 3.05) is 11.8 Å². The number of fused-ring (bicyclic) bond motifs is 1. The first-order chi connectivity index (χ1) is 13.9. The molecule has 0 aliphatic rings. The number of anilines is 1. The molecule has 0 saturated heterocycles. The van der Waals surface area contributed by atoms with Crippen LogP contribution in [0.15, 0.2) is 65.7 Å². The van der Waals surface area contributed by atoms with Crippen molar-refractivity contribution in [2.45, 2.75) is 11.8 Å². The molecule has 0 fully saturated rings. The highest BCUT2D eigenvalue weighted by molar-refractivity contribution is 7.92. The minimum Gasteiger partial charge on any atom is -0.480 e. The fourth-order valence-electron chi connectivity index (χ4n) is 2.87. The number of benzene rings is 2. The molecule has 0 saturated carbocycles. The Labute approximate surface area is 166 Å². The summed E-state index contributed by atoms with van der Waals surface area (Å²) in [6, 6.07) is 14.0. The minimum atomic E-state index is -4.08. The van der Waals surface area contributed by atoms with Crippen LogP contribution < -0.4 is 9.46 Å². The molecule has 9 heteroatoms. The third-order valence-electron chi connectivity index (χ3n) is 4.41. The monoisotopic (exact) mass is 412 g/mol. The second-order valence-electron chi connectivity index (χ2n) is 6.37. The quantitative estimate of drug-likeness (QED) is 0.541. The number of aryl methyl sites for hydroxylation is 1. The average Bonchev–Trinajstić information content (AvgIpc) is 3.13. The van der Waals surface area contributed by atoms with Crippen molar-refractivity contribution in [1.82, 2.24) is 14.6 Å². The fraction of sp³-hybridized carbons (Fsp3) is 0.100. The summed E-state index contributed by atoms with van der Waals surface area (Å²) in [5.74, 6) is -0.363. The molecule has 0 radical (unpaired) electrons. The first-order valence-corrected chi connectivity index (χ1v) is 10.1. The van der Waals surface area contributed by atoms with Crippen molar-refractivity contribution in [1.29, 1.82) is 0 Å². The van der Waals surface area contributed by atoms with E-state index in [2.05, 4.69) is 14.8 Å². The van der Waals surface area contributed by atoms with Gasteiger partial charge in [-0.2, -0.15) is 0 Å². The number of nitrogens with zero attached hydrogens (tertiary/aromatic N) is 3. The number of hydrogen-bond acceptors (Lipinski definition) is 5. The second-order valence-corrected chi connectivity index (χ2v) is 8.02. The van der Waals surface area contributed by atoms with Gasteiger partial charge in [0.25, 0.3) is 10.0 Å². The van der Waals surface area contributed by atoms with Crippen LogP contribution in [0.4, 0.5) is 10.1 Å². The number of aromatic nitrogens is 3. The lowest BCUT2D eigenvalue weighted by atomic mass is 10.1. The van der Waals surface area contributed by atoms with Gasteiger partial charge in [-0.05, 0) is 36.8 Å². The summed E-state index contributed by atoms with van der Waals surface area (Å²) in [6.07, 6.45) is 1.72. The Hall–Kier alpha value is -3.46. The van der Waals surface area contributed by atoms with Crippen LogP contribution in [-0.2, 0) is 10.0 Å². The molecule has 0 bridgehead atoms. The van der Waals surface area contributed by atoms with E-state index in [-0.39, 0.29) is 0 Å². The van der Waals surface area contributed by atoms with Crippen molar-refractivity contribution in [2.24, 2.45) is 0 Å². The summed E-state index contributed by atoms with van der Waals surface area (Å²) in [4.78, 5) is 4.10. The molecular formula is C20H17FN4O3S. The molecule has 0 atom stereocenters. The van der Waals surface area contributed by atoms with Crippen LogP contribution in [0.3, 0.4) is 0 Å². The van der Waals surface area contributed by atoms with Gasteiger partial charge in [0.2, 0.25) is 5.88 Å². The van der Waals surface area contributed by atoms with E-state index in [0.29, 0.717) is 34.0 Å². The Balaban J connectivity index is 1.72. The van der Waals surface area contributed by atoms with Crippen LogP contribution in [0.25, 0.3) is 16.9 Å². The molecule has 29 heavy (non-hydrogen) atoms. The smallest absolute Gasteiger partial charge is 0.264 e. The molecule has 0 unspecified atom stereocenters. The number of halogens is 1. The molecule has 0 aliphatic carbocycles. The van der Waals surface area contributed by atoms with Crippen molar-refractivity contribution >= 4 is 21.4 Å². The van der Waals surface area contributed by atoms with E-state index in [4.69, 9.17) is 4.74 Å². The summed E-state index contributed by atoms with van der Waals surface area (Å²) in [5, 5.41) is 4.27. The third-order valence-corrected chi connectivity index (χ3v) is 5.81. The highest BCUT2D eigenvalue weighted by atomic mass is 32.2. The van der Waals surface area contributed by atoms with Gasteiger partial charge in [-0.1, -0.05) is 24.3 Å². The molecule has 7 nitrogen and oxygen atoms in total. The number of imidazole rings is 1. The topological polar surface area (TPSA) is 85.6 Å². The molecular weight excluding hydrogens is 395 g/mol. The number of methoxy groups -OCH3 is 1. The Morgan fingerprint density at radius 3 is 2.66 bits per heavy atom.